The third kappa shape index (κ3) is 8.12. The number of carboxylic acids is 1. The highest BCUT2D eigenvalue weighted by Crippen LogP contribution is 2.13. The standard InChI is InChI=1S/C8H11ClFN3O.C2HF3O2/c1-2-13-4-3-6(12-13)5-11-8(14)7(9)10;3-2(4,5)1(6)7/h3-4,7H,2,5H2,1H3,(H,11,14);(H,6,7). The summed E-state index contributed by atoms with van der Waals surface area (Å²) < 4.78 is 45.7. The van der Waals surface area contributed by atoms with Crippen LogP contribution >= 0.6 is 11.6 Å². The normalized spacial score (nSPS) is 12.1. The number of rotatable bonds is 4. The Hall–Kier alpha value is -1.84. The van der Waals surface area contributed by atoms with Gasteiger partial charge in [-0.05, 0) is 13.0 Å². The maximum Gasteiger partial charge on any atom is 0.490 e. The Bertz CT molecular complexity index is 476. The van der Waals surface area contributed by atoms with E-state index in [2.05, 4.69) is 10.4 Å². The molecule has 0 spiro atoms. The molecule has 1 rings (SSSR count). The van der Waals surface area contributed by atoms with E-state index < -0.39 is 23.7 Å². The summed E-state index contributed by atoms with van der Waals surface area (Å²) in [5, 5.41) is 13.5. The number of amides is 1. The van der Waals surface area contributed by atoms with E-state index in [0.717, 1.165) is 6.54 Å². The topological polar surface area (TPSA) is 84.2 Å². The average Bonchev–Trinajstić information content (AvgIpc) is 2.83. The number of carboxylic acid groups (broad SMARTS) is 1. The quantitative estimate of drug-likeness (QED) is 0.648. The van der Waals surface area contributed by atoms with Gasteiger partial charge in [-0.2, -0.15) is 18.3 Å². The molecule has 1 unspecified atom stereocenters. The molecule has 1 atom stereocenters. The first kappa shape index (κ1) is 19.2. The number of carbonyl (C=O) groups excluding carboxylic acids is 1. The lowest BCUT2D eigenvalue weighted by Crippen LogP contribution is -2.28. The molecule has 0 aliphatic heterocycles. The molecule has 6 nitrogen and oxygen atoms in total. The van der Waals surface area contributed by atoms with Crippen LogP contribution in [0.5, 0.6) is 0 Å². The minimum Gasteiger partial charge on any atom is -0.475 e. The zero-order valence-electron chi connectivity index (χ0n) is 10.7. The minimum absolute atomic E-state index is 0.193. The Morgan fingerprint density at radius 2 is 2.05 bits per heavy atom. The van der Waals surface area contributed by atoms with Gasteiger partial charge in [-0.25, -0.2) is 9.18 Å². The molecule has 1 aromatic rings. The van der Waals surface area contributed by atoms with Crippen LogP contribution in [0.1, 0.15) is 12.6 Å². The predicted octanol–water partition coefficient (Wildman–Crippen LogP) is 1.69. The Morgan fingerprint density at radius 1 is 1.52 bits per heavy atom. The maximum absolute atomic E-state index is 12.2. The van der Waals surface area contributed by atoms with Crippen LogP contribution in [-0.4, -0.2) is 38.6 Å². The van der Waals surface area contributed by atoms with E-state index in [0.29, 0.717) is 5.69 Å². The van der Waals surface area contributed by atoms with E-state index in [1.165, 1.54) is 0 Å². The van der Waals surface area contributed by atoms with Gasteiger partial charge in [-0.3, -0.25) is 9.48 Å². The van der Waals surface area contributed by atoms with Gasteiger partial charge in [0.25, 0.3) is 11.5 Å². The molecule has 0 aromatic carbocycles. The average molecular weight is 334 g/mol. The van der Waals surface area contributed by atoms with E-state index in [9.17, 15) is 22.4 Å². The number of halogens is 5. The number of nitrogens with one attached hydrogen (secondary N) is 1. The van der Waals surface area contributed by atoms with Crippen molar-refractivity contribution in [2.75, 3.05) is 0 Å². The number of alkyl halides is 5. The van der Waals surface area contributed by atoms with E-state index in [1.807, 2.05) is 6.92 Å². The van der Waals surface area contributed by atoms with Gasteiger partial charge >= 0.3 is 12.1 Å². The van der Waals surface area contributed by atoms with Gasteiger partial charge in [0.05, 0.1) is 12.2 Å². The molecule has 0 aliphatic rings. The van der Waals surface area contributed by atoms with Crippen molar-refractivity contribution >= 4 is 23.5 Å². The number of carbonyl (C=O) groups is 2. The molecule has 0 radical (unpaired) electrons. The fourth-order valence-corrected chi connectivity index (χ4v) is 1.01. The van der Waals surface area contributed by atoms with Crippen LogP contribution in [-0.2, 0) is 22.7 Å². The van der Waals surface area contributed by atoms with Crippen LogP contribution in [0.4, 0.5) is 17.6 Å². The lowest BCUT2D eigenvalue weighted by Gasteiger charge is -2.01. The monoisotopic (exact) mass is 333 g/mol. The lowest BCUT2D eigenvalue weighted by molar-refractivity contribution is -0.192. The Kier molecular flexibility index (Phi) is 7.71. The number of aliphatic carboxylic acids is 1. The largest absolute Gasteiger partial charge is 0.490 e. The molecule has 0 bridgehead atoms. The van der Waals surface area contributed by atoms with Crippen molar-refractivity contribution in [1.82, 2.24) is 15.1 Å². The summed E-state index contributed by atoms with van der Waals surface area (Å²) in [6.45, 7) is 2.90. The number of hydrogen-bond donors (Lipinski definition) is 2. The molecule has 0 saturated carbocycles. The van der Waals surface area contributed by atoms with Crippen LogP contribution in [0.3, 0.4) is 0 Å². The second-order valence-corrected chi connectivity index (χ2v) is 3.87. The molecular formula is C10H12ClF4N3O3. The van der Waals surface area contributed by atoms with Crippen LogP contribution in [0, 0.1) is 0 Å². The van der Waals surface area contributed by atoms with Crippen LogP contribution in [0.15, 0.2) is 12.3 Å². The fourth-order valence-electron chi connectivity index (χ4n) is 0.929. The maximum atomic E-state index is 12.2. The molecule has 0 aliphatic carbocycles. The van der Waals surface area contributed by atoms with Crippen LogP contribution in [0.25, 0.3) is 0 Å². The van der Waals surface area contributed by atoms with Crippen molar-refractivity contribution in [2.45, 2.75) is 31.8 Å². The molecule has 0 saturated heterocycles. The van der Waals surface area contributed by atoms with Crippen LogP contribution in [0.2, 0.25) is 0 Å². The Morgan fingerprint density at radius 3 is 2.38 bits per heavy atom. The van der Waals surface area contributed by atoms with Crippen molar-refractivity contribution < 1.29 is 32.3 Å². The summed E-state index contributed by atoms with van der Waals surface area (Å²) in [7, 11) is 0. The first-order valence-electron chi connectivity index (χ1n) is 5.46. The van der Waals surface area contributed by atoms with Crippen molar-refractivity contribution in [1.29, 1.82) is 0 Å². The highest BCUT2D eigenvalue weighted by Gasteiger charge is 2.38. The molecule has 1 aromatic heterocycles. The third-order valence-electron chi connectivity index (χ3n) is 1.90. The van der Waals surface area contributed by atoms with Gasteiger partial charge in [0.15, 0.2) is 0 Å². The van der Waals surface area contributed by atoms with E-state index in [4.69, 9.17) is 21.5 Å². The number of aryl methyl sites for hydroxylation is 1. The number of hydrogen-bond acceptors (Lipinski definition) is 3. The highest BCUT2D eigenvalue weighted by atomic mass is 35.5. The lowest BCUT2D eigenvalue weighted by atomic mass is 10.4. The van der Waals surface area contributed by atoms with Gasteiger partial charge in [0.2, 0.25) is 0 Å². The van der Waals surface area contributed by atoms with Gasteiger partial charge in [0.1, 0.15) is 0 Å². The molecular weight excluding hydrogens is 322 g/mol. The number of nitrogens with zero attached hydrogens (tertiary/aromatic N) is 2. The second-order valence-electron chi connectivity index (χ2n) is 3.48. The Balaban J connectivity index is 0.000000486. The highest BCUT2D eigenvalue weighted by molar-refractivity contribution is 6.29. The predicted molar refractivity (Wildman–Crippen MR) is 64.2 cm³/mol. The van der Waals surface area contributed by atoms with E-state index in [1.54, 1.807) is 16.9 Å². The van der Waals surface area contributed by atoms with E-state index >= 15 is 0 Å². The molecule has 0 fully saturated rings. The smallest absolute Gasteiger partial charge is 0.475 e. The van der Waals surface area contributed by atoms with Crippen molar-refractivity contribution in [3.8, 4) is 0 Å². The van der Waals surface area contributed by atoms with Crippen molar-refractivity contribution in [3.05, 3.63) is 18.0 Å². The second kappa shape index (κ2) is 8.45. The van der Waals surface area contributed by atoms with Gasteiger partial charge < -0.3 is 10.4 Å². The molecule has 1 amide bonds. The third-order valence-corrected chi connectivity index (χ3v) is 2.10. The van der Waals surface area contributed by atoms with Crippen molar-refractivity contribution in [2.24, 2.45) is 0 Å². The summed E-state index contributed by atoms with van der Waals surface area (Å²) in [5.41, 5.74) is -1.32. The van der Waals surface area contributed by atoms with Gasteiger partial charge in [-0.15, -0.1) is 0 Å². The first-order valence-corrected chi connectivity index (χ1v) is 5.89. The molecule has 21 heavy (non-hydrogen) atoms. The zero-order valence-corrected chi connectivity index (χ0v) is 11.5. The van der Waals surface area contributed by atoms with E-state index in [-0.39, 0.29) is 6.54 Å². The molecule has 120 valence electrons. The van der Waals surface area contributed by atoms with Gasteiger partial charge in [0, 0.05) is 12.7 Å². The summed E-state index contributed by atoms with van der Waals surface area (Å²) >= 11 is 4.92. The molecule has 11 heteroatoms. The van der Waals surface area contributed by atoms with Crippen molar-refractivity contribution in [3.63, 3.8) is 0 Å². The molecule has 2 N–H and O–H groups in total. The Labute approximate surface area is 121 Å². The first-order chi connectivity index (χ1) is 9.57. The minimum atomic E-state index is -5.08. The molecule has 1 heterocycles. The summed E-state index contributed by atoms with van der Waals surface area (Å²) in [6, 6.07) is 1.76. The number of aromatic nitrogens is 2. The zero-order chi connectivity index (χ0) is 16.6. The summed E-state index contributed by atoms with van der Waals surface area (Å²) in [4.78, 5) is 19.6. The SMILES string of the molecule is CCn1ccc(CNC(=O)C(F)Cl)n1.O=C(O)C(F)(F)F. The summed E-state index contributed by atoms with van der Waals surface area (Å²) in [6.07, 6.45) is -3.30. The van der Waals surface area contributed by atoms with Gasteiger partial charge in [-0.1, -0.05) is 11.6 Å². The van der Waals surface area contributed by atoms with Crippen LogP contribution < -0.4 is 5.32 Å². The summed E-state index contributed by atoms with van der Waals surface area (Å²) in [5.74, 6) is -3.59. The fraction of sp³-hybridized carbons (Fsp3) is 0.500.